The van der Waals surface area contributed by atoms with Crippen LogP contribution in [0.25, 0.3) is 109 Å². The Morgan fingerprint density at radius 3 is 1.53 bits per heavy atom. The second-order valence-corrected chi connectivity index (χ2v) is 13.2. The molecule has 0 fully saturated rings. The van der Waals surface area contributed by atoms with Crippen LogP contribution in [0.4, 0.5) is 0 Å². The van der Waals surface area contributed by atoms with Crippen molar-refractivity contribution in [3.05, 3.63) is 170 Å². The molecule has 1 heteroatoms. The maximum absolute atomic E-state index is 6.24. The molecule has 0 saturated heterocycles. The van der Waals surface area contributed by atoms with Gasteiger partial charge in [0.1, 0.15) is 11.2 Å². The lowest BCUT2D eigenvalue weighted by atomic mass is 9.85. The first-order valence-electron chi connectivity index (χ1n) is 16.9. The summed E-state index contributed by atoms with van der Waals surface area (Å²) in [6.45, 7) is 0. The molecule has 0 aliphatic rings. The molecular weight excluding hydrogens is 593 g/mol. The first-order chi connectivity index (χ1) is 24.3. The van der Waals surface area contributed by atoms with Crippen molar-refractivity contribution >= 4 is 75.8 Å². The van der Waals surface area contributed by atoms with Crippen LogP contribution < -0.4 is 0 Å². The van der Waals surface area contributed by atoms with Crippen LogP contribution in [0.5, 0.6) is 0 Å². The van der Waals surface area contributed by atoms with E-state index in [9.17, 15) is 0 Å². The number of rotatable bonds is 3. The highest BCUT2D eigenvalue weighted by Crippen LogP contribution is 2.46. The van der Waals surface area contributed by atoms with Gasteiger partial charge in [-0.15, -0.1) is 0 Å². The van der Waals surface area contributed by atoms with Gasteiger partial charge in [0.2, 0.25) is 0 Å². The van der Waals surface area contributed by atoms with E-state index in [-0.39, 0.29) is 0 Å². The largest absolute Gasteiger partial charge is 0.456 e. The summed E-state index contributed by atoms with van der Waals surface area (Å²) in [6.07, 6.45) is 0. The van der Waals surface area contributed by atoms with Crippen molar-refractivity contribution in [1.29, 1.82) is 0 Å². The average molecular weight is 621 g/mol. The van der Waals surface area contributed by atoms with Crippen molar-refractivity contribution in [3.8, 4) is 33.4 Å². The van der Waals surface area contributed by atoms with Gasteiger partial charge in [-0.2, -0.15) is 0 Å². The van der Waals surface area contributed by atoms with Crippen molar-refractivity contribution in [3.63, 3.8) is 0 Å². The van der Waals surface area contributed by atoms with E-state index in [1.807, 2.05) is 0 Å². The lowest BCUT2D eigenvalue weighted by Crippen LogP contribution is -1.91. The van der Waals surface area contributed by atoms with Crippen LogP contribution in [0.2, 0.25) is 0 Å². The third-order valence-electron chi connectivity index (χ3n) is 10.6. The molecule has 11 aromatic rings. The van der Waals surface area contributed by atoms with Gasteiger partial charge in [-0.1, -0.05) is 146 Å². The number of fused-ring (bicyclic) bond motifs is 5. The Balaban J connectivity index is 1.11. The van der Waals surface area contributed by atoms with E-state index in [1.165, 1.54) is 98.0 Å². The molecule has 1 nitrogen and oxygen atoms in total. The highest BCUT2D eigenvalue weighted by Gasteiger charge is 2.19. The summed E-state index contributed by atoms with van der Waals surface area (Å²) in [5, 5.41) is 15.0. The smallest absolute Gasteiger partial charge is 0.136 e. The van der Waals surface area contributed by atoms with Gasteiger partial charge in [0.25, 0.3) is 0 Å². The van der Waals surface area contributed by atoms with Gasteiger partial charge in [-0.05, 0) is 112 Å². The van der Waals surface area contributed by atoms with Crippen molar-refractivity contribution in [2.75, 3.05) is 0 Å². The molecule has 0 saturated carbocycles. The molecule has 0 amide bonds. The Kier molecular flexibility index (Phi) is 5.45. The van der Waals surface area contributed by atoms with Crippen LogP contribution in [-0.4, -0.2) is 0 Å². The maximum Gasteiger partial charge on any atom is 0.136 e. The van der Waals surface area contributed by atoms with Crippen LogP contribution in [0.15, 0.2) is 174 Å². The monoisotopic (exact) mass is 620 g/mol. The van der Waals surface area contributed by atoms with Crippen molar-refractivity contribution in [2.24, 2.45) is 0 Å². The zero-order valence-electron chi connectivity index (χ0n) is 26.6. The second-order valence-electron chi connectivity index (χ2n) is 13.2. The van der Waals surface area contributed by atoms with E-state index in [0.29, 0.717) is 0 Å². The Bertz CT molecular complexity index is 3030. The number of benzene rings is 10. The summed E-state index contributed by atoms with van der Waals surface area (Å²) in [7, 11) is 0. The summed E-state index contributed by atoms with van der Waals surface area (Å²) in [6, 6.07) is 62.2. The molecule has 49 heavy (non-hydrogen) atoms. The Labute approximate surface area is 282 Å². The fourth-order valence-electron chi connectivity index (χ4n) is 8.45. The van der Waals surface area contributed by atoms with Gasteiger partial charge in [0, 0.05) is 10.8 Å². The zero-order valence-corrected chi connectivity index (χ0v) is 26.6. The molecule has 0 aliphatic heterocycles. The molecule has 0 atom stereocenters. The predicted molar refractivity (Wildman–Crippen MR) is 209 cm³/mol. The normalized spacial score (nSPS) is 12.1. The van der Waals surface area contributed by atoms with Gasteiger partial charge >= 0.3 is 0 Å². The predicted octanol–water partition coefficient (Wildman–Crippen LogP) is 13.8. The summed E-state index contributed by atoms with van der Waals surface area (Å²) in [5.41, 5.74) is 9.34. The van der Waals surface area contributed by atoms with E-state index in [0.717, 1.165) is 11.2 Å². The summed E-state index contributed by atoms with van der Waals surface area (Å²) < 4.78 is 6.24. The molecule has 10 aromatic carbocycles. The van der Waals surface area contributed by atoms with Crippen molar-refractivity contribution < 1.29 is 4.42 Å². The Morgan fingerprint density at radius 2 is 0.796 bits per heavy atom. The summed E-state index contributed by atoms with van der Waals surface area (Å²) >= 11 is 0. The van der Waals surface area contributed by atoms with Gasteiger partial charge in [0.15, 0.2) is 0 Å². The van der Waals surface area contributed by atoms with Crippen LogP contribution >= 0.6 is 0 Å². The van der Waals surface area contributed by atoms with E-state index < -0.39 is 0 Å². The third kappa shape index (κ3) is 3.82. The average Bonchev–Trinajstić information content (AvgIpc) is 3.56. The minimum absolute atomic E-state index is 0.944. The maximum atomic E-state index is 6.24. The van der Waals surface area contributed by atoms with E-state index in [2.05, 4.69) is 170 Å². The van der Waals surface area contributed by atoms with Crippen LogP contribution in [0, 0.1) is 0 Å². The van der Waals surface area contributed by atoms with E-state index in [4.69, 9.17) is 4.42 Å². The van der Waals surface area contributed by atoms with Gasteiger partial charge in [-0.3, -0.25) is 0 Å². The lowest BCUT2D eigenvalue weighted by Gasteiger charge is -2.18. The van der Waals surface area contributed by atoms with Crippen molar-refractivity contribution in [1.82, 2.24) is 0 Å². The summed E-state index contributed by atoms with van der Waals surface area (Å²) in [4.78, 5) is 0. The fraction of sp³-hybridized carbons (Fsp3) is 0. The standard InChI is InChI=1S/C48H28O/c1-2-11-35-29(9-1)21-24-32-27-34(25-26-36(32)35)46-39-14-5-3-12-37(39)45(38-13-4-6-15-40(38)46)31-22-19-30(20-23-31)42-28-33-10-7-17-43-47(33)48-41(42)16-8-18-44(48)49-43/h1-28H. The first kappa shape index (κ1) is 26.6. The summed E-state index contributed by atoms with van der Waals surface area (Å²) in [5.74, 6) is 0. The Hall–Kier alpha value is -6.44. The van der Waals surface area contributed by atoms with Crippen LogP contribution in [0.3, 0.4) is 0 Å². The minimum atomic E-state index is 0.944. The number of hydrogen-bond acceptors (Lipinski definition) is 1. The number of furan rings is 1. The molecule has 0 unspecified atom stereocenters. The molecule has 226 valence electrons. The third-order valence-corrected chi connectivity index (χ3v) is 10.6. The highest BCUT2D eigenvalue weighted by molar-refractivity contribution is 6.25. The van der Waals surface area contributed by atoms with Gasteiger partial charge in [-0.25, -0.2) is 0 Å². The topological polar surface area (TPSA) is 13.1 Å². The second kappa shape index (κ2) is 10.0. The molecule has 0 aliphatic carbocycles. The molecule has 11 rings (SSSR count). The van der Waals surface area contributed by atoms with E-state index >= 15 is 0 Å². The molecule has 0 bridgehead atoms. The Morgan fingerprint density at radius 1 is 0.286 bits per heavy atom. The zero-order chi connectivity index (χ0) is 32.1. The van der Waals surface area contributed by atoms with Gasteiger partial charge in [0.05, 0.1) is 0 Å². The molecule has 1 aromatic heterocycles. The lowest BCUT2D eigenvalue weighted by molar-refractivity contribution is 0.669. The van der Waals surface area contributed by atoms with Crippen LogP contribution in [0.1, 0.15) is 0 Å². The van der Waals surface area contributed by atoms with Gasteiger partial charge < -0.3 is 4.42 Å². The molecular formula is C48H28O. The molecule has 0 N–H and O–H groups in total. The van der Waals surface area contributed by atoms with Crippen molar-refractivity contribution in [2.45, 2.75) is 0 Å². The molecule has 0 radical (unpaired) electrons. The molecule has 0 spiro atoms. The SMILES string of the molecule is c1ccc2c(c1)ccc1cc(-c3c4ccccc4c(-c4ccc(-c5cc6cccc7oc8cccc5c8c67)cc4)c4ccccc34)ccc12. The number of hydrogen-bond donors (Lipinski definition) is 0. The van der Waals surface area contributed by atoms with Crippen LogP contribution in [-0.2, 0) is 0 Å². The minimum Gasteiger partial charge on any atom is -0.456 e. The molecule has 1 heterocycles. The van der Waals surface area contributed by atoms with E-state index in [1.54, 1.807) is 0 Å². The quantitative estimate of drug-likeness (QED) is 0.141. The first-order valence-corrected chi connectivity index (χ1v) is 16.9. The highest BCUT2D eigenvalue weighted by atomic mass is 16.3. The fourth-order valence-corrected chi connectivity index (χ4v) is 8.45.